The lowest BCUT2D eigenvalue weighted by molar-refractivity contribution is 0.738. The van der Waals surface area contributed by atoms with Crippen LogP contribution in [0.2, 0.25) is 0 Å². The van der Waals surface area contributed by atoms with Crippen molar-refractivity contribution in [1.82, 2.24) is 14.5 Å². The number of nitrogens with two attached hydrogens (primary N) is 1. The average Bonchev–Trinajstić information content (AvgIpc) is 2.68. The molecule has 0 bridgehead atoms. The molecule has 0 aliphatic carbocycles. The lowest BCUT2D eigenvalue weighted by Gasteiger charge is -2.04. The number of nitrogen functional groups attached to an aromatic ring is 1. The molecular weight excluding hydrogens is 220 g/mol. The lowest BCUT2D eigenvalue weighted by atomic mass is 10.5. The van der Waals surface area contributed by atoms with Crippen molar-refractivity contribution in [1.29, 1.82) is 0 Å². The van der Waals surface area contributed by atoms with Crippen LogP contribution in [0, 0.1) is 6.92 Å². The highest BCUT2D eigenvalue weighted by Gasteiger charge is 1.98. The molecule has 0 unspecified atom stereocenters. The van der Waals surface area contributed by atoms with Gasteiger partial charge in [-0.05, 0) is 19.1 Å². The topological polar surface area (TPSA) is 56.7 Å². The van der Waals surface area contributed by atoms with Gasteiger partial charge in [-0.25, -0.2) is 9.97 Å². The summed E-state index contributed by atoms with van der Waals surface area (Å²) >= 11 is 1.77. The van der Waals surface area contributed by atoms with E-state index in [0.717, 1.165) is 23.0 Å². The molecule has 0 saturated heterocycles. The van der Waals surface area contributed by atoms with E-state index in [-0.39, 0.29) is 0 Å². The number of pyridine rings is 1. The summed E-state index contributed by atoms with van der Waals surface area (Å²) in [7, 11) is 0. The van der Waals surface area contributed by atoms with Gasteiger partial charge in [0.05, 0.1) is 0 Å². The summed E-state index contributed by atoms with van der Waals surface area (Å²) in [4.78, 5) is 9.37. The first-order chi connectivity index (χ1) is 7.75. The van der Waals surface area contributed by atoms with E-state index in [1.165, 1.54) is 0 Å². The predicted molar refractivity (Wildman–Crippen MR) is 66.3 cm³/mol. The highest BCUT2D eigenvalue weighted by molar-refractivity contribution is 7.99. The van der Waals surface area contributed by atoms with E-state index in [2.05, 4.69) is 14.5 Å². The van der Waals surface area contributed by atoms with Crippen LogP contribution in [-0.4, -0.2) is 20.3 Å². The first-order valence-corrected chi connectivity index (χ1v) is 6.06. The maximum atomic E-state index is 5.52. The summed E-state index contributed by atoms with van der Waals surface area (Å²) in [6.45, 7) is 2.97. The van der Waals surface area contributed by atoms with Gasteiger partial charge in [0.25, 0.3) is 0 Å². The Hall–Kier alpha value is -1.49. The third-order valence-corrected chi connectivity index (χ3v) is 3.25. The molecule has 0 fully saturated rings. The molecule has 84 valence electrons. The van der Waals surface area contributed by atoms with Crippen LogP contribution in [0.1, 0.15) is 5.82 Å². The molecule has 0 saturated carbocycles. The first-order valence-electron chi connectivity index (χ1n) is 5.08. The largest absolute Gasteiger partial charge is 0.384 e. The second-order valence-corrected chi connectivity index (χ2v) is 4.60. The standard InChI is InChI=1S/C11H14N4S/c1-9-13-4-5-15(9)6-7-16-10-2-3-11(12)14-8-10/h2-5,8H,6-7H2,1H3,(H2,12,14). The second-order valence-electron chi connectivity index (χ2n) is 3.44. The molecule has 16 heavy (non-hydrogen) atoms. The highest BCUT2D eigenvalue weighted by Crippen LogP contribution is 2.17. The zero-order chi connectivity index (χ0) is 11.4. The van der Waals surface area contributed by atoms with Crippen molar-refractivity contribution in [3.63, 3.8) is 0 Å². The molecule has 2 heterocycles. The number of hydrogen-bond acceptors (Lipinski definition) is 4. The van der Waals surface area contributed by atoms with Gasteiger partial charge in [0.1, 0.15) is 11.6 Å². The number of hydrogen-bond donors (Lipinski definition) is 1. The minimum atomic E-state index is 0.565. The van der Waals surface area contributed by atoms with Gasteiger partial charge < -0.3 is 10.3 Å². The van der Waals surface area contributed by atoms with Gasteiger partial charge in [-0.1, -0.05) is 0 Å². The van der Waals surface area contributed by atoms with Crippen molar-refractivity contribution in [2.45, 2.75) is 18.4 Å². The Labute approximate surface area is 98.9 Å². The fourth-order valence-corrected chi connectivity index (χ4v) is 2.19. The highest BCUT2D eigenvalue weighted by atomic mass is 32.2. The van der Waals surface area contributed by atoms with Gasteiger partial charge in [0.15, 0.2) is 0 Å². The van der Waals surface area contributed by atoms with E-state index in [4.69, 9.17) is 5.73 Å². The normalized spacial score (nSPS) is 10.6. The molecule has 2 rings (SSSR count). The van der Waals surface area contributed by atoms with Crippen LogP contribution in [0.5, 0.6) is 0 Å². The van der Waals surface area contributed by atoms with E-state index >= 15 is 0 Å². The Morgan fingerprint density at radius 2 is 2.25 bits per heavy atom. The van der Waals surface area contributed by atoms with Crippen LogP contribution >= 0.6 is 11.8 Å². The van der Waals surface area contributed by atoms with Gasteiger partial charge in [-0.3, -0.25) is 0 Å². The van der Waals surface area contributed by atoms with Gasteiger partial charge in [-0.15, -0.1) is 11.8 Å². The molecule has 2 aromatic rings. The second kappa shape index (κ2) is 5.03. The molecule has 0 aromatic carbocycles. The summed E-state index contributed by atoms with van der Waals surface area (Å²) in [5.74, 6) is 2.62. The molecule has 0 amide bonds. The van der Waals surface area contributed by atoms with Gasteiger partial charge in [0, 0.05) is 35.8 Å². The molecule has 0 radical (unpaired) electrons. The smallest absolute Gasteiger partial charge is 0.123 e. The van der Waals surface area contributed by atoms with E-state index in [0.29, 0.717) is 5.82 Å². The summed E-state index contributed by atoms with van der Waals surface area (Å²) in [5.41, 5.74) is 5.52. The van der Waals surface area contributed by atoms with Crippen molar-refractivity contribution < 1.29 is 0 Å². The number of rotatable bonds is 4. The SMILES string of the molecule is Cc1nccn1CCSc1ccc(N)nc1. The number of aromatic nitrogens is 3. The first kappa shape index (κ1) is 11.0. The molecule has 0 atom stereocenters. The van der Waals surface area contributed by atoms with Crippen molar-refractivity contribution in [2.24, 2.45) is 0 Å². The summed E-state index contributed by atoms with van der Waals surface area (Å²) < 4.78 is 2.14. The van der Waals surface area contributed by atoms with Crippen LogP contribution in [-0.2, 0) is 6.54 Å². The van der Waals surface area contributed by atoms with Crippen LogP contribution in [0.3, 0.4) is 0 Å². The number of imidazole rings is 1. The third kappa shape index (κ3) is 2.76. The third-order valence-electron chi connectivity index (χ3n) is 2.28. The van der Waals surface area contributed by atoms with Crippen molar-refractivity contribution in [2.75, 3.05) is 11.5 Å². The zero-order valence-electron chi connectivity index (χ0n) is 9.13. The minimum Gasteiger partial charge on any atom is -0.384 e. The minimum absolute atomic E-state index is 0.565. The summed E-state index contributed by atoms with van der Waals surface area (Å²) in [5, 5.41) is 0. The molecule has 5 heteroatoms. The monoisotopic (exact) mass is 234 g/mol. The van der Waals surface area contributed by atoms with Gasteiger partial charge in [-0.2, -0.15) is 0 Å². The Balaban J connectivity index is 1.84. The molecule has 0 aliphatic heterocycles. The van der Waals surface area contributed by atoms with Crippen molar-refractivity contribution in [3.05, 3.63) is 36.5 Å². The van der Waals surface area contributed by atoms with Crippen LogP contribution < -0.4 is 5.73 Å². The summed E-state index contributed by atoms with van der Waals surface area (Å²) in [6, 6.07) is 3.82. The molecule has 0 aliphatic rings. The Kier molecular flexibility index (Phi) is 3.46. The summed E-state index contributed by atoms with van der Waals surface area (Å²) in [6.07, 6.45) is 5.63. The molecular formula is C11H14N4S. The van der Waals surface area contributed by atoms with Crippen LogP contribution in [0.4, 0.5) is 5.82 Å². The van der Waals surface area contributed by atoms with E-state index in [1.54, 1.807) is 18.0 Å². The van der Waals surface area contributed by atoms with Gasteiger partial charge >= 0.3 is 0 Å². The average molecular weight is 234 g/mol. The zero-order valence-corrected chi connectivity index (χ0v) is 9.94. The maximum Gasteiger partial charge on any atom is 0.123 e. The fraction of sp³-hybridized carbons (Fsp3) is 0.273. The van der Waals surface area contributed by atoms with Crippen molar-refractivity contribution >= 4 is 17.6 Å². The Morgan fingerprint density at radius 3 is 2.88 bits per heavy atom. The predicted octanol–water partition coefficient (Wildman–Crippen LogP) is 1.96. The quantitative estimate of drug-likeness (QED) is 0.822. The molecule has 2 aromatic heterocycles. The lowest BCUT2D eigenvalue weighted by Crippen LogP contribution is -2.01. The Bertz CT molecular complexity index is 449. The molecule has 2 N–H and O–H groups in total. The van der Waals surface area contributed by atoms with E-state index in [1.807, 2.05) is 31.5 Å². The number of anilines is 1. The molecule has 4 nitrogen and oxygen atoms in total. The molecule has 0 spiro atoms. The van der Waals surface area contributed by atoms with Crippen LogP contribution in [0.15, 0.2) is 35.6 Å². The van der Waals surface area contributed by atoms with E-state index < -0.39 is 0 Å². The number of nitrogens with zero attached hydrogens (tertiary/aromatic N) is 3. The number of thioether (sulfide) groups is 1. The number of aryl methyl sites for hydroxylation is 2. The van der Waals surface area contributed by atoms with Crippen LogP contribution in [0.25, 0.3) is 0 Å². The fourth-order valence-electron chi connectivity index (χ4n) is 1.38. The van der Waals surface area contributed by atoms with Crippen molar-refractivity contribution in [3.8, 4) is 0 Å². The van der Waals surface area contributed by atoms with E-state index in [9.17, 15) is 0 Å². The Morgan fingerprint density at radius 1 is 1.38 bits per heavy atom. The van der Waals surface area contributed by atoms with Gasteiger partial charge in [0.2, 0.25) is 0 Å². The maximum absolute atomic E-state index is 5.52.